The predicted octanol–water partition coefficient (Wildman–Crippen LogP) is 5.63. The van der Waals surface area contributed by atoms with Crippen molar-refractivity contribution in [3.63, 3.8) is 0 Å². The maximum atomic E-state index is 11.6. The Morgan fingerprint density at radius 2 is 0.826 bits per heavy atom. The van der Waals surface area contributed by atoms with Gasteiger partial charge in [0.15, 0.2) is 6.17 Å². The summed E-state index contributed by atoms with van der Waals surface area (Å²) in [5, 5.41) is 0. The molecule has 23 heavy (non-hydrogen) atoms. The number of alkyl halides is 15. The monoisotopic (exact) mass is 386 g/mol. The lowest BCUT2D eigenvalue weighted by Crippen LogP contribution is -2.55. The highest BCUT2D eigenvalue weighted by molar-refractivity contribution is 4.92. The molecular formula is C8H5F15. The van der Waals surface area contributed by atoms with Crippen LogP contribution in [-0.2, 0) is 0 Å². The van der Waals surface area contributed by atoms with E-state index in [0.29, 0.717) is 0 Å². The van der Waals surface area contributed by atoms with Gasteiger partial charge in [-0.2, -0.15) is 52.7 Å². The van der Waals surface area contributed by atoms with Gasteiger partial charge in [-0.3, -0.25) is 0 Å². The largest absolute Gasteiger partial charge is 0.460 e. The fraction of sp³-hybridized carbons (Fsp3) is 1.00. The summed E-state index contributed by atoms with van der Waals surface area (Å²) in [4.78, 5) is 0. The molecule has 0 aliphatic rings. The lowest BCUT2D eigenvalue weighted by Gasteiger charge is -2.27. The SMILES string of the molecule is CC(F)C(F)(F)C(F)(F)F.FC(F)C(F)(F)C(F)(F)C(F)(F)F. The highest BCUT2D eigenvalue weighted by atomic mass is 19.4. The third kappa shape index (κ3) is 5.22. The van der Waals surface area contributed by atoms with Crippen molar-refractivity contribution in [2.45, 2.75) is 49.6 Å². The van der Waals surface area contributed by atoms with Crippen molar-refractivity contribution >= 4 is 0 Å². The van der Waals surface area contributed by atoms with Crippen molar-refractivity contribution in [2.75, 3.05) is 0 Å². The van der Waals surface area contributed by atoms with Crippen LogP contribution in [0.4, 0.5) is 65.9 Å². The summed E-state index contributed by atoms with van der Waals surface area (Å²) in [5.74, 6) is -18.4. The summed E-state index contributed by atoms with van der Waals surface area (Å²) in [6.45, 7) is 0.160. The zero-order valence-corrected chi connectivity index (χ0v) is 10.3. The van der Waals surface area contributed by atoms with Gasteiger partial charge in [-0.15, -0.1) is 0 Å². The molecule has 0 rings (SSSR count). The Balaban J connectivity index is 0. The molecule has 0 radical (unpaired) electrons. The highest BCUT2D eigenvalue weighted by Crippen LogP contribution is 2.48. The van der Waals surface area contributed by atoms with Gasteiger partial charge in [-0.05, 0) is 6.92 Å². The van der Waals surface area contributed by atoms with Gasteiger partial charge in [-0.25, -0.2) is 13.2 Å². The van der Waals surface area contributed by atoms with E-state index in [0.717, 1.165) is 0 Å². The normalized spacial score (nSPS) is 16.0. The minimum atomic E-state index is -6.73. The Morgan fingerprint density at radius 1 is 0.522 bits per heavy atom. The molecule has 0 aliphatic carbocycles. The molecule has 0 heterocycles. The summed E-state index contributed by atoms with van der Waals surface area (Å²) >= 11 is 0. The smallest absolute Gasteiger partial charge is 0.241 e. The summed E-state index contributed by atoms with van der Waals surface area (Å²) in [5.41, 5.74) is 0. The zero-order chi connectivity index (χ0) is 19.7. The molecule has 0 nitrogen and oxygen atoms in total. The molecule has 142 valence electrons. The molecule has 0 amide bonds. The van der Waals surface area contributed by atoms with Crippen LogP contribution < -0.4 is 0 Å². The van der Waals surface area contributed by atoms with E-state index in [9.17, 15) is 65.9 Å². The van der Waals surface area contributed by atoms with E-state index in [-0.39, 0.29) is 6.92 Å². The first-order valence-electron chi connectivity index (χ1n) is 4.83. The second kappa shape index (κ2) is 6.83. The van der Waals surface area contributed by atoms with Gasteiger partial charge in [0.05, 0.1) is 0 Å². The van der Waals surface area contributed by atoms with E-state index in [4.69, 9.17) is 0 Å². The van der Waals surface area contributed by atoms with Crippen LogP contribution in [0.25, 0.3) is 0 Å². The van der Waals surface area contributed by atoms with Gasteiger partial charge < -0.3 is 0 Å². The van der Waals surface area contributed by atoms with Gasteiger partial charge >= 0.3 is 36.5 Å². The lowest BCUT2D eigenvalue weighted by atomic mass is 10.2. The first-order chi connectivity index (χ1) is 9.64. The Morgan fingerprint density at radius 3 is 0.870 bits per heavy atom. The van der Waals surface area contributed by atoms with E-state index in [1.54, 1.807) is 0 Å². The molecule has 0 aliphatic heterocycles. The summed E-state index contributed by atoms with van der Waals surface area (Å²) in [6, 6.07) is 0. The van der Waals surface area contributed by atoms with Gasteiger partial charge in [0.25, 0.3) is 0 Å². The molecule has 0 aromatic heterocycles. The van der Waals surface area contributed by atoms with Crippen molar-refractivity contribution in [2.24, 2.45) is 0 Å². The molecule has 0 saturated heterocycles. The van der Waals surface area contributed by atoms with Crippen LogP contribution in [-0.4, -0.2) is 42.7 Å². The molecule has 1 atom stereocenters. The van der Waals surface area contributed by atoms with Crippen LogP contribution in [0.15, 0.2) is 0 Å². The standard InChI is InChI=1S/C4HF9.C4H4F6/c5-1(6)2(7,8)3(9,10)4(11,12)13;1-2(5)3(6,7)4(8,9)10/h1H;2H,1H3. The van der Waals surface area contributed by atoms with E-state index >= 15 is 0 Å². The summed E-state index contributed by atoms with van der Waals surface area (Å²) in [7, 11) is 0. The second-order valence-corrected chi connectivity index (χ2v) is 3.73. The van der Waals surface area contributed by atoms with E-state index in [2.05, 4.69) is 0 Å². The van der Waals surface area contributed by atoms with Crippen LogP contribution in [0.5, 0.6) is 0 Å². The van der Waals surface area contributed by atoms with Crippen LogP contribution in [0.3, 0.4) is 0 Å². The maximum absolute atomic E-state index is 11.6. The summed E-state index contributed by atoms with van der Waals surface area (Å²) in [6.07, 6.45) is -20.8. The molecule has 15 heteroatoms. The van der Waals surface area contributed by atoms with Gasteiger partial charge in [0.1, 0.15) is 0 Å². The topological polar surface area (TPSA) is 0 Å². The van der Waals surface area contributed by atoms with Gasteiger partial charge in [0, 0.05) is 0 Å². The Bertz CT molecular complexity index is 359. The first kappa shape index (κ1) is 24.2. The Hall–Kier alpha value is -1.05. The fourth-order valence-corrected chi connectivity index (χ4v) is 0.552. The minimum absolute atomic E-state index is 0.160. The minimum Gasteiger partial charge on any atom is -0.241 e. The molecule has 0 bridgehead atoms. The van der Waals surface area contributed by atoms with Crippen molar-refractivity contribution < 1.29 is 65.9 Å². The molecule has 0 spiro atoms. The highest BCUT2D eigenvalue weighted by Gasteiger charge is 2.76. The molecule has 0 aromatic carbocycles. The lowest BCUT2D eigenvalue weighted by molar-refractivity contribution is -0.375. The van der Waals surface area contributed by atoms with E-state index in [1.165, 1.54) is 0 Å². The molecule has 0 aromatic rings. The molecule has 0 fully saturated rings. The van der Waals surface area contributed by atoms with Gasteiger partial charge in [0.2, 0.25) is 0 Å². The zero-order valence-electron chi connectivity index (χ0n) is 10.3. The van der Waals surface area contributed by atoms with Crippen molar-refractivity contribution in [1.29, 1.82) is 0 Å². The van der Waals surface area contributed by atoms with Crippen LogP contribution in [0.1, 0.15) is 6.92 Å². The van der Waals surface area contributed by atoms with Crippen molar-refractivity contribution in [3.8, 4) is 0 Å². The molecular weight excluding hydrogens is 381 g/mol. The molecule has 0 N–H and O–H groups in total. The number of halogens is 15. The van der Waals surface area contributed by atoms with Gasteiger partial charge in [-0.1, -0.05) is 0 Å². The predicted molar refractivity (Wildman–Crippen MR) is 43.5 cm³/mol. The number of rotatable bonds is 3. The van der Waals surface area contributed by atoms with Crippen molar-refractivity contribution in [1.82, 2.24) is 0 Å². The third-order valence-electron chi connectivity index (χ3n) is 1.93. The van der Waals surface area contributed by atoms with Crippen molar-refractivity contribution in [3.05, 3.63) is 0 Å². The Labute approximate surface area is 117 Å². The van der Waals surface area contributed by atoms with E-state index < -0.39 is 42.7 Å². The van der Waals surface area contributed by atoms with E-state index in [1.807, 2.05) is 0 Å². The Kier molecular flexibility index (Phi) is 7.18. The maximum Gasteiger partial charge on any atom is 0.460 e. The summed E-state index contributed by atoms with van der Waals surface area (Å²) < 4.78 is 170. The first-order valence-corrected chi connectivity index (χ1v) is 4.83. The number of hydrogen-bond acceptors (Lipinski definition) is 0. The molecule has 0 saturated carbocycles. The van der Waals surface area contributed by atoms with Crippen LogP contribution in [0, 0.1) is 0 Å². The quantitative estimate of drug-likeness (QED) is 0.552. The fourth-order valence-electron chi connectivity index (χ4n) is 0.552. The molecule has 1 unspecified atom stereocenters. The van der Waals surface area contributed by atoms with Crippen LogP contribution in [0.2, 0.25) is 0 Å². The number of hydrogen-bond donors (Lipinski definition) is 0. The average Bonchev–Trinajstić information content (AvgIpc) is 2.25. The van der Waals surface area contributed by atoms with Crippen LogP contribution >= 0.6 is 0 Å². The average molecular weight is 386 g/mol. The third-order valence-corrected chi connectivity index (χ3v) is 1.93. The second-order valence-electron chi connectivity index (χ2n) is 3.73.